The van der Waals surface area contributed by atoms with Crippen molar-refractivity contribution in [2.45, 2.75) is 70.5 Å². The molecule has 0 spiro atoms. The third-order valence-electron chi connectivity index (χ3n) is 6.71. The number of aromatic amines is 1. The average Bonchev–Trinajstić information content (AvgIpc) is 3.50. The molecule has 1 saturated heterocycles. The maximum atomic E-state index is 14.3. The number of nitrogens with one attached hydrogen (secondary N) is 2. The molecule has 0 saturated carbocycles. The lowest BCUT2D eigenvalue weighted by Crippen LogP contribution is -2.41. The molecule has 0 amide bonds. The number of nitrogens with zero attached hydrogens (tertiary/aromatic N) is 3. The molecule has 15 heteroatoms. The highest BCUT2D eigenvalue weighted by Gasteiger charge is 2.49. The summed E-state index contributed by atoms with van der Waals surface area (Å²) in [6.45, 7) is 6.31. The van der Waals surface area contributed by atoms with Gasteiger partial charge in [-0.1, -0.05) is 36.4 Å². The zero-order valence-corrected chi connectivity index (χ0v) is 24.2. The lowest BCUT2D eigenvalue weighted by atomic mass is 10.1. The third kappa shape index (κ3) is 5.95. The minimum Gasteiger partial charge on any atom is -0.462 e. The standard InChI is InChI=1S/C27H32N5O9P/c1-14(2)38-27(36)15(3)31-42(37,41-19-11-7-9-17-8-5-6-10-18(17)19)40-16(4)23-21(33)22(34)26(39-23)32-13-30-20-24(32)28-12-29-25(20)35/h5-16,21-23,26,33-34H,1-4H3,(H,31,37)(H,28,29,35)/t15-,16-,21-,22+,23+,26+,42-/m0/s1. The monoisotopic (exact) mass is 601 g/mol. The fourth-order valence-corrected chi connectivity index (χ4v) is 6.45. The molecule has 14 nitrogen and oxygen atoms in total. The number of carbonyl (C=O) groups excluding carboxylic acids is 1. The first-order valence-corrected chi connectivity index (χ1v) is 14.9. The first-order valence-electron chi connectivity index (χ1n) is 13.3. The number of H-pyrrole nitrogens is 1. The van der Waals surface area contributed by atoms with Gasteiger partial charge in [0.2, 0.25) is 0 Å². The van der Waals surface area contributed by atoms with Gasteiger partial charge in [0.1, 0.15) is 30.1 Å². The minimum atomic E-state index is -4.38. The maximum absolute atomic E-state index is 14.3. The van der Waals surface area contributed by atoms with Crippen molar-refractivity contribution in [1.29, 1.82) is 0 Å². The number of hydrogen-bond donors (Lipinski definition) is 4. The van der Waals surface area contributed by atoms with Crippen LogP contribution in [0.5, 0.6) is 5.75 Å². The summed E-state index contributed by atoms with van der Waals surface area (Å²) < 4.78 is 38.7. The summed E-state index contributed by atoms with van der Waals surface area (Å²) in [6, 6.07) is 11.4. The summed E-state index contributed by atoms with van der Waals surface area (Å²) in [5.74, 6) is -0.447. The molecule has 224 valence electrons. The van der Waals surface area contributed by atoms with Crippen molar-refractivity contribution in [1.82, 2.24) is 24.6 Å². The highest BCUT2D eigenvalue weighted by atomic mass is 31.2. The van der Waals surface area contributed by atoms with Gasteiger partial charge in [-0.15, -0.1) is 0 Å². The Kier molecular flexibility index (Phi) is 8.46. The van der Waals surface area contributed by atoms with Crippen LogP contribution in [0.3, 0.4) is 0 Å². The third-order valence-corrected chi connectivity index (χ3v) is 8.46. The van der Waals surface area contributed by atoms with E-state index in [2.05, 4.69) is 20.0 Å². The normalized spacial score (nSPS) is 23.6. The van der Waals surface area contributed by atoms with Crippen molar-refractivity contribution in [3.63, 3.8) is 0 Å². The highest BCUT2D eigenvalue weighted by Crippen LogP contribution is 2.49. The fourth-order valence-electron chi connectivity index (χ4n) is 4.74. The molecule has 1 aliphatic heterocycles. The van der Waals surface area contributed by atoms with Gasteiger partial charge in [0.15, 0.2) is 17.4 Å². The molecular weight excluding hydrogens is 569 g/mol. The molecule has 0 radical (unpaired) electrons. The van der Waals surface area contributed by atoms with E-state index in [-0.39, 0.29) is 16.9 Å². The number of aliphatic hydroxyl groups is 2. The number of imidazole rings is 1. The van der Waals surface area contributed by atoms with Gasteiger partial charge in [0.05, 0.1) is 24.9 Å². The van der Waals surface area contributed by atoms with E-state index in [4.69, 9.17) is 18.5 Å². The van der Waals surface area contributed by atoms with Crippen LogP contribution in [0.4, 0.5) is 0 Å². The smallest absolute Gasteiger partial charge is 0.459 e. The highest BCUT2D eigenvalue weighted by molar-refractivity contribution is 7.52. The molecule has 1 fully saturated rings. The van der Waals surface area contributed by atoms with Crippen LogP contribution < -0.4 is 15.2 Å². The molecular formula is C27H32N5O9P. The molecule has 4 N–H and O–H groups in total. The first-order chi connectivity index (χ1) is 20.0. The van der Waals surface area contributed by atoms with Crippen molar-refractivity contribution in [3.05, 3.63) is 65.5 Å². The molecule has 0 aliphatic carbocycles. The van der Waals surface area contributed by atoms with Crippen molar-refractivity contribution >= 4 is 35.7 Å². The zero-order chi connectivity index (χ0) is 30.2. The number of benzene rings is 2. The molecule has 42 heavy (non-hydrogen) atoms. The second-order valence-corrected chi connectivity index (χ2v) is 11.9. The number of aromatic nitrogens is 4. The van der Waals surface area contributed by atoms with Crippen LogP contribution in [-0.4, -0.2) is 72.3 Å². The number of rotatable bonds is 10. The van der Waals surface area contributed by atoms with Crippen molar-refractivity contribution in [2.75, 3.05) is 0 Å². The number of esters is 1. The summed E-state index contributed by atoms with van der Waals surface area (Å²) in [6.07, 6.45) is -4.50. The van der Waals surface area contributed by atoms with Gasteiger partial charge in [-0.05, 0) is 39.1 Å². The van der Waals surface area contributed by atoms with Gasteiger partial charge in [-0.3, -0.25) is 18.7 Å². The van der Waals surface area contributed by atoms with Gasteiger partial charge in [-0.25, -0.2) is 14.5 Å². The molecule has 1 aliphatic rings. The van der Waals surface area contributed by atoms with E-state index >= 15 is 0 Å². The van der Waals surface area contributed by atoms with Crippen LogP contribution in [-0.2, 0) is 23.4 Å². The summed E-state index contributed by atoms with van der Waals surface area (Å²) in [5.41, 5.74) is -0.328. The Bertz CT molecular complexity index is 1690. The van der Waals surface area contributed by atoms with E-state index in [9.17, 15) is 24.4 Å². The number of aliphatic hydroxyl groups excluding tert-OH is 2. The molecule has 7 atom stereocenters. The second-order valence-electron chi connectivity index (χ2n) is 10.2. The molecule has 0 bridgehead atoms. The number of carbonyl (C=O) groups is 1. The zero-order valence-electron chi connectivity index (χ0n) is 23.3. The van der Waals surface area contributed by atoms with Crippen LogP contribution in [0.1, 0.15) is 33.9 Å². The van der Waals surface area contributed by atoms with Gasteiger partial charge in [-0.2, -0.15) is 5.09 Å². The Hall–Kier alpha value is -3.65. The average molecular weight is 602 g/mol. The molecule has 0 unspecified atom stereocenters. The summed E-state index contributed by atoms with van der Waals surface area (Å²) in [5, 5.41) is 25.9. The summed E-state index contributed by atoms with van der Waals surface area (Å²) in [7, 11) is -4.38. The predicted octanol–water partition coefficient (Wildman–Crippen LogP) is 2.41. The van der Waals surface area contributed by atoms with E-state index in [0.717, 1.165) is 5.39 Å². The van der Waals surface area contributed by atoms with Crippen molar-refractivity contribution in [3.8, 4) is 5.75 Å². The topological polar surface area (TPSA) is 187 Å². The minimum absolute atomic E-state index is 0.0231. The van der Waals surface area contributed by atoms with Crippen LogP contribution in [0.15, 0.2) is 59.9 Å². The van der Waals surface area contributed by atoms with E-state index in [1.54, 1.807) is 38.1 Å². The van der Waals surface area contributed by atoms with E-state index in [1.807, 2.05) is 18.2 Å². The Balaban J connectivity index is 1.42. The molecule has 5 rings (SSSR count). The van der Waals surface area contributed by atoms with E-state index < -0.39 is 62.1 Å². The number of hydrogen-bond acceptors (Lipinski definition) is 11. The molecule has 2 aromatic carbocycles. The van der Waals surface area contributed by atoms with Gasteiger partial charge >= 0.3 is 13.7 Å². The van der Waals surface area contributed by atoms with Gasteiger partial charge in [0.25, 0.3) is 5.56 Å². The van der Waals surface area contributed by atoms with Crippen LogP contribution in [0.2, 0.25) is 0 Å². The molecule has 4 aromatic rings. The maximum Gasteiger partial charge on any atom is 0.459 e. The second kappa shape index (κ2) is 11.9. The first kappa shape index (κ1) is 29.8. The SMILES string of the molecule is CC(C)OC(=O)[C@H](C)N[P@@](=O)(Oc1cccc2ccccc12)O[C@@H](C)[C@H]1O[C@@H](n2cnc3c(=O)[nH]cnc32)[C@H](O)[C@@H]1O. The molecule has 2 aromatic heterocycles. The number of ether oxygens (including phenoxy) is 2. The number of fused-ring (bicyclic) bond motifs is 2. The lowest BCUT2D eigenvalue weighted by molar-refractivity contribution is -0.149. The van der Waals surface area contributed by atoms with Crippen molar-refractivity contribution < 1.29 is 38.1 Å². The Morgan fingerprint density at radius 1 is 1.10 bits per heavy atom. The Morgan fingerprint density at radius 2 is 1.83 bits per heavy atom. The lowest BCUT2D eigenvalue weighted by Gasteiger charge is -2.29. The van der Waals surface area contributed by atoms with Gasteiger partial charge < -0.3 is 29.2 Å². The van der Waals surface area contributed by atoms with Crippen LogP contribution >= 0.6 is 7.75 Å². The van der Waals surface area contributed by atoms with Crippen LogP contribution in [0.25, 0.3) is 21.9 Å². The largest absolute Gasteiger partial charge is 0.462 e. The fraction of sp³-hybridized carbons (Fsp3) is 0.407. The summed E-state index contributed by atoms with van der Waals surface area (Å²) in [4.78, 5) is 35.2. The van der Waals surface area contributed by atoms with Gasteiger partial charge in [0, 0.05) is 5.39 Å². The van der Waals surface area contributed by atoms with E-state index in [0.29, 0.717) is 5.39 Å². The van der Waals surface area contributed by atoms with E-state index in [1.165, 1.54) is 31.1 Å². The Morgan fingerprint density at radius 3 is 2.60 bits per heavy atom. The predicted molar refractivity (Wildman–Crippen MR) is 151 cm³/mol. The quantitative estimate of drug-likeness (QED) is 0.154. The Labute approximate surface area is 240 Å². The van der Waals surface area contributed by atoms with Crippen molar-refractivity contribution in [2.24, 2.45) is 0 Å². The summed E-state index contributed by atoms with van der Waals surface area (Å²) >= 11 is 0. The molecule has 3 heterocycles. The van der Waals surface area contributed by atoms with Crippen LogP contribution in [0, 0.1) is 0 Å².